The first-order valence-corrected chi connectivity index (χ1v) is 5.21. The van der Waals surface area contributed by atoms with E-state index < -0.39 is 24.4 Å². The number of allylic oxidation sites excluding steroid dienone is 2. The van der Waals surface area contributed by atoms with Gasteiger partial charge in [-0.25, -0.2) is 0 Å². The van der Waals surface area contributed by atoms with E-state index in [-0.39, 0.29) is 13.0 Å². The standard InChI is InChI=1S/C12H18O4/c1-3-5-8(4-2)12-11(15)10(14)6-9(7-13)16-12/h3-5,9-15H,1-2,6-7H2. The van der Waals surface area contributed by atoms with Crippen LogP contribution in [0.25, 0.3) is 0 Å². The van der Waals surface area contributed by atoms with Gasteiger partial charge in [-0.1, -0.05) is 31.4 Å². The molecule has 1 heterocycles. The number of aliphatic hydroxyl groups is 3. The van der Waals surface area contributed by atoms with Crippen molar-refractivity contribution in [3.8, 4) is 0 Å². The molecule has 0 aromatic carbocycles. The Morgan fingerprint density at radius 3 is 2.56 bits per heavy atom. The highest BCUT2D eigenvalue weighted by molar-refractivity contribution is 5.27. The molecule has 0 bridgehead atoms. The van der Waals surface area contributed by atoms with Crippen LogP contribution in [0.3, 0.4) is 0 Å². The van der Waals surface area contributed by atoms with Gasteiger partial charge in [0.2, 0.25) is 0 Å². The van der Waals surface area contributed by atoms with Gasteiger partial charge in [0.1, 0.15) is 12.2 Å². The molecule has 0 aromatic heterocycles. The van der Waals surface area contributed by atoms with Crippen LogP contribution in [0.15, 0.2) is 37.0 Å². The van der Waals surface area contributed by atoms with E-state index in [1.54, 1.807) is 18.2 Å². The average Bonchev–Trinajstić information content (AvgIpc) is 2.29. The molecule has 16 heavy (non-hydrogen) atoms. The number of hydrogen-bond donors (Lipinski definition) is 3. The predicted octanol–water partition coefficient (Wildman–Crippen LogP) is 0.156. The lowest BCUT2D eigenvalue weighted by Gasteiger charge is -2.37. The topological polar surface area (TPSA) is 69.9 Å². The second-order valence-electron chi connectivity index (χ2n) is 3.76. The van der Waals surface area contributed by atoms with E-state index in [1.807, 2.05) is 0 Å². The molecule has 0 aliphatic carbocycles. The van der Waals surface area contributed by atoms with Gasteiger partial charge >= 0.3 is 0 Å². The molecule has 0 saturated carbocycles. The molecule has 0 aromatic rings. The Labute approximate surface area is 95.2 Å². The van der Waals surface area contributed by atoms with Crippen LogP contribution in [0, 0.1) is 0 Å². The highest BCUT2D eigenvalue weighted by atomic mass is 16.5. The van der Waals surface area contributed by atoms with Gasteiger partial charge < -0.3 is 20.1 Å². The van der Waals surface area contributed by atoms with Crippen LogP contribution in [0.1, 0.15) is 6.42 Å². The third kappa shape index (κ3) is 2.80. The zero-order valence-corrected chi connectivity index (χ0v) is 9.12. The Balaban J connectivity index is 2.86. The first-order chi connectivity index (χ1) is 7.63. The second-order valence-corrected chi connectivity index (χ2v) is 3.76. The molecular weight excluding hydrogens is 208 g/mol. The Hall–Kier alpha value is -0.940. The summed E-state index contributed by atoms with van der Waals surface area (Å²) in [5.41, 5.74) is 0.639. The minimum atomic E-state index is -1.01. The summed E-state index contributed by atoms with van der Waals surface area (Å²) in [6.45, 7) is 6.99. The van der Waals surface area contributed by atoms with E-state index in [1.165, 1.54) is 0 Å². The van der Waals surface area contributed by atoms with Gasteiger partial charge in [-0.3, -0.25) is 0 Å². The summed E-state index contributed by atoms with van der Waals surface area (Å²) in [5, 5.41) is 28.4. The quantitative estimate of drug-likeness (QED) is 0.597. The summed E-state index contributed by atoms with van der Waals surface area (Å²) < 4.78 is 5.48. The largest absolute Gasteiger partial charge is 0.394 e. The van der Waals surface area contributed by atoms with Crippen LogP contribution >= 0.6 is 0 Å². The third-order valence-electron chi connectivity index (χ3n) is 2.63. The van der Waals surface area contributed by atoms with E-state index in [4.69, 9.17) is 9.84 Å². The maximum atomic E-state index is 9.80. The summed E-state index contributed by atoms with van der Waals surface area (Å²) in [6, 6.07) is 0. The normalized spacial score (nSPS) is 35.8. The third-order valence-corrected chi connectivity index (χ3v) is 2.63. The maximum Gasteiger partial charge on any atom is 0.111 e. The molecule has 4 nitrogen and oxygen atoms in total. The van der Waals surface area contributed by atoms with Crippen LogP contribution < -0.4 is 0 Å². The van der Waals surface area contributed by atoms with Gasteiger partial charge in [0.15, 0.2) is 0 Å². The fraction of sp³-hybridized carbons (Fsp3) is 0.500. The van der Waals surface area contributed by atoms with Crippen molar-refractivity contribution in [2.24, 2.45) is 0 Å². The molecule has 0 spiro atoms. The molecule has 4 heteroatoms. The van der Waals surface area contributed by atoms with E-state index >= 15 is 0 Å². The fourth-order valence-corrected chi connectivity index (χ4v) is 1.76. The van der Waals surface area contributed by atoms with Gasteiger partial charge in [0, 0.05) is 6.42 Å². The summed E-state index contributed by atoms with van der Waals surface area (Å²) in [7, 11) is 0. The van der Waals surface area contributed by atoms with Gasteiger partial charge in [0.25, 0.3) is 0 Å². The molecule has 1 saturated heterocycles. The molecule has 4 unspecified atom stereocenters. The van der Waals surface area contributed by atoms with Crippen molar-refractivity contribution in [3.05, 3.63) is 37.0 Å². The molecule has 1 aliphatic heterocycles. The molecule has 0 amide bonds. The molecule has 1 rings (SSSR count). The van der Waals surface area contributed by atoms with Gasteiger partial charge in [-0.2, -0.15) is 0 Å². The molecule has 1 aliphatic rings. The molecule has 0 radical (unpaired) electrons. The van der Waals surface area contributed by atoms with Crippen LogP contribution in [0.5, 0.6) is 0 Å². The number of aliphatic hydroxyl groups excluding tert-OH is 3. The van der Waals surface area contributed by atoms with E-state index in [0.29, 0.717) is 5.57 Å². The summed E-state index contributed by atoms with van der Waals surface area (Å²) in [4.78, 5) is 0. The number of rotatable bonds is 4. The molecule has 1 fully saturated rings. The lowest BCUT2D eigenvalue weighted by molar-refractivity contribution is -0.162. The highest BCUT2D eigenvalue weighted by Gasteiger charge is 2.37. The number of hydrogen-bond acceptors (Lipinski definition) is 4. The van der Waals surface area contributed by atoms with Gasteiger partial charge in [0.05, 0.1) is 18.8 Å². The maximum absolute atomic E-state index is 9.80. The average molecular weight is 226 g/mol. The highest BCUT2D eigenvalue weighted by Crippen LogP contribution is 2.25. The zero-order valence-electron chi connectivity index (χ0n) is 9.12. The summed E-state index contributed by atoms with van der Waals surface area (Å²) >= 11 is 0. The molecule has 4 atom stereocenters. The smallest absolute Gasteiger partial charge is 0.111 e. The first kappa shape index (κ1) is 13.1. The zero-order chi connectivity index (χ0) is 12.1. The van der Waals surface area contributed by atoms with Crippen LogP contribution in [-0.2, 0) is 4.74 Å². The number of ether oxygens (including phenoxy) is 1. The lowest BCUT2D eigenvalue weighted by Crippen LogP contribution is -2.49. The van der Waals surface area contributed by atoms with Crippen LogP contribution in [-0.4, -0.2) is 46.3 Å². The van der Waals surface area contributed by atoms with E-state index in [0.717, 1.165) is 0 Å². The molecule has 90 valence electrons. The summed E-state index contributed by atoms with van der Waals surface area (Å²) in [6.07, 6.45) is 1.95. The van der Waals surface area contributed by atoms with Crippen molar-refractivity contribution in [3.63, 3.8) is 0 Å². The Bertz CT molecular complexity index is 285. The monoisotopic (exact) mass is 226 g/mol. The van der Waals surface area contributed by atoms with Crippen molar-refractivity contribution in [1.29, 1.82) is 0 Å². The summed E-state index contributed by atoms with van der Waals surface area (Å²) in [5.74, 6) is 0. The fourth-order valence-electron chi connectivity index (χ4n) is 1.76. The minimum Gasteiger partial charge on any atom is -0.394 e. The van der Waals surface area contributed by atoms with Crippen molar-refractivity contribution >= 4 is 0 Å². The van der Waals surface area contributed by atoms with E-state index in [9.17, 15) is 10.2 Å². The predicted molar refractivity (Wildman–Crippen MR) is 60.9 cm³/mol. The van der Waals surface area contributed by atoms with Gasteiger partial charge in [-0.05, 0) is 5.57 Å². The SMILES string of the molecule is C=CC=C(C=C)C1OC(CO)CC(O)C1O. The Kier molecular flexibility index (Phi) is 4.89. The lowest BCUT2D eigenvalue weighted by atomic mass is 9.93. The Morgan fingerprint density at radius 2 is 2.06 bits per heavy atom. The minimum absolute atomic E-state index is 0.182. The second kappa shape index (κ2) is 5.96. The first-order valence-electron chi connectivity index (χ1n) is 5.21. The van der Waals surface area contributed by atoms with Crippen molar-refractivity contribution in [2.45, 2.75) is 30.8 Å². The van der Waals surface area contributed by atoms with Crippen molar-refractivity contribution in [2.75, 3.05) is 6.61 Å². The van der Waals surface area contributed by atoms with Crippen LogP contribution in [0.2, 0.25) is 0 Å². The molecule has 3 N–H and O–H groups in total. The van der Waals surface area contributed by atoms with Crippen molar-refractivity contribution in [1.82, 2.24) is 0 Å². The van der Waals surface area contributed by atoms with Crippen LogP contribution in [0.4, 0.5) is 0 Å². The van der Waals surface area contributed by atoms with Crippen molar-refractivity contribution < 1.29 is 20.1 Å². The molecular formula is C12H18O4. The Morgan fingerprint density at radius 1 is 1.38 bits per heavy atom. The van der Waals surface area contributed by atoms with Gasteiger partial charge in [-0.15, -0.1) is 0 Å². The van der Waals surface area contributed by atoms with E-state index in [2.05, 4.69) is 13.2 Å².